The zero-order valence-corrected chi connectivity index (χ0v) is 18.2. The lowest BCUT2D eigenvalue weighted by atomic mass is 9.67. The molecule has 0 radical (unpaired) electrons. The number of rotatable bonds is 6. The van der Waals surface area contributed by atoms with E-state index in [1.54, 1.807) is 6.92 Å². The second-order valence-corrected chi connectivity index (χ2v) is 8.07. The summed E-state index contributed by atoms with van der Waals surface area (Å²) in [6.45, 7) is 1.70. The maximum absolute atomic E-state index is 15.2. The van der Waals surface area contributed by atoms with Gasteiger partial charge in [-0.1, -0.05) is 30.3 Å². The first kappa shape index (κ1) is 23.5. The predicted molar refractivity (Wildman–Crippen MR) is 116 cm³/mol. The van der Waals surface area contributed by atoms with E-state index in [-0.39, 0.29) is 18.6 Å². The van der Waals surface area contributed by atoms with Gasteiger partial charge in [-0.3, -0.25) is 9.59 Å². The maximum atomic E-state index is 15.2. The summed E-state index contributed by atoms with van der Waals surface area (Å²) in [4.78, 5) is 25.7. The first-order valence-electron chi connectivity index (χ1n) is 10.7. The van der Waals surface area contributed by atoms with Crippen molar-refractivity contribution in [2.24, 2.45) is 5.92 Å². The number of amides is 1. The quantitative estimate of drug-likeness (QED) is 0.408. The van der Waals surface area contributed by atoms with E-state index in [2.05, 4.69) is 5.32 Å². The molecule has 0 bridgehead atoms. The summed E-state index contributed by atoms with van der Waals surface area (Å²) in [6, 6.07) is 13.4. The Balaban J connectivity index is 2.00. The minimum Gasteiger partial charge on any atom is -0.466 e. The maximum Gasteiger partial charge on any atom is 0.306 e. The fourth-order valence-electron chi connectivity index (χ4n) is 4.73. The summed E-state index contributed by atoms with van der Waals surface area (Å²) in [5.74, 6) is -6.20. The van der Waals surface area contributed by atoms with Gasteiger partial charge in [0.1, 0.15) is 23.3 Å². The first-order valence-corrected chi connectivity index (χ1v) is 10.7. The number of carbonyl (C=O) groups is 2. The molecule has 176 valence electrons. The Kier molecular flexibility index (Phi) is 6.41. The van der Waals surface area contributed by atoms with E-state index in [1.165, 1.54) is 54.6 Å². The Morgan fingerprint density at radius 2 is 1.41 bits per heavy atom. The van der Waals surface area contributed by atoms with Crippen molar-refractivity contribution in [3.05, 3.63) is 107 Å². The van der Waals surface area contributed by atoms with Crippen LogP contribution in [-0.2, 0) is 19.9 Å². The van der Waals surface area contributed by atoms with E-state index in [0.29, 0.717) is 17.2 Å². The molecule has 0 saturated carbocycles. The van der Waals surface area contributed by atoms with Crippen molar-refractivity contribution in [2.75, 3.05) is 6.61 Å². The van der Waals surface area contributed by atoms with E-state index >= 15 is 4.39 Å². The number of ether oxygens (including phenoxy) is 1. The SMILES string of the molecule is CCOC(=O)CC1C(=O)NC(c2ccc(F)cc2)(c2ccc(F)cc2)C1c1ccc(F)cc1F. The van der Waals surface area contributed by atoms with Crippen LogP contribution in [0.4, 0.5) is 17.6 Å². The lowest BCUT2D eigenvalue weighted by Gasteiger charge is -2.38. The summed E-state index contributed by atoms with van der Waals surface area (Å²) in [5, 5.41) is 2.87. The Hall–Kier alpha value is -3.68. The average molecular weight is 471 g/mol. The minimum absolute atomic E-state index is 0.0253. The van der Waals surface area contributed by atoms with Crippen LogP contribution in [0.3, 0.4) is 0 Å². The van der Waals surface area contributed by atoms with Crippen LogP contribution in [0.15, 0.2) is 66.7 Å². The number of hydrogen-bond donors (Lipinski definition) is 1. The van der Waals surface area contributed by atoms with E-state index in [9.17, 15) is 22.8 Å². The molecule has 0 aromatic heterocycles. The van der Waals surface area contributed by atoms with Gasteiger partial charge in [0.05, 0.1) is 24.5 Å². The molecule has 4 nitrogen and oxygen atoms in total. The zero-order chi connectivity index (χ0) is 24.5. The van der Waals surface area contributed by atoms with Gasteiger partial charge in [-0.05, 0) is 53.9 Å². The van der Waals surface area contributed by atoms with E-state index in [4.69, 9.17) is 4.74 Å². The second-order valence-electron chi connectivity index (χ2n) is 8.07. The third kappa shape index (κ3) is 4.16. The van der Waals surface area contributed by atoms with Gasteiger partial charge >= 0.3 is 5.97 Å². The fraction of sp³-hybridized carbons (Fsp3) is 0.231. The minimum atomic E-state index is -1.51. The normalized spacial score (nSPS) is 19.0. The van der Waals surface area contributed by atoms with E-state index < -0.39 is 52.5 Å². The van der Waals surface area contributed by atoms with Gasteiger partial charge in [-0.2, -0.15) is 0 Å². The number of halogens is 4. The topological polar surface area (TPSA) is 55.4 Å². The van der Waals surface area contributed by atoms with Gasteiger partial charge in [0.25, 0.3) is 0 Å². The Labute approximate surface area is 193 Å². The third-order valence-electron chi connectivity index (χ3n) is 6.11. The second kappa shape index (κ2) is 9.29. The Bertz CT molecular complexity index is 1170. The van der Waals surface area contributed by atoms with Gasteiger partial charge in [0.15, 0.2) is 0 Å². The van der Waals surface area contributed by atoms with Crippen LogP contribution in [0.2, 0.25) is 0 Å². The van der Waals surface area contributed by atoms with E-state index in [0.717, 1.165) is 6.07 Å². The molecule has 4 rings (SSSR count). The lowest BCUT2D eigenvalue weighted by Crippen LogP contribution is -2.43. The smallest absolute Gasteiger partial charge is 0.306 e. The molecule has 2 unspecified atom stereocenters. The molecule has 3 aromatic rings. The van der Waals surface area contributed by atoms with Gasteiger partial charge in [0.2, 0.25) is 5.91 Å². The molecule has 1 aliphatic rings. The summed E-state index contributed by atoms with van der Waals surface area (Å²) >= 11 is 0. The zero-order valence-electron chi connectivity index (χ0n) is 18.2. The van der Waals surface area contributed by atoms with Crippen LogP contribution in [0.1, 0.15) is 36.0 Å². The van der Waals surface area contributed by atoms with Crippen molar-refractivity contribution in [1.82, 2.24) is 5.32 Å². The molecule has 0 aliphatic carbocycles. The van der Waals surface area contributed by atoms with Gasteiger partial charge in [-0.25, -0.2) is 17.6 Å². The summed E-state index contributed by atoms with van der Waals surface area (Å²) in [7, 11) is 0. The fourth-order valence-corrected chi connectivity index (χ4v) is 4.73. The van der Waals surface area contributed by atoms with Crippen LogP contribution in [0, 0.1) is 29.2 Å². The Morgan fingerprint density at radius 1 is 0.882 bits per heavy atom. The lowest BCUT2D eigenvalue weighted by molar-refractivity contribution is -0.146. The van der Waals surface area contributed by atoms with Crippen LogP contribution in [0.25, 0.3) is 0 Å². The highest BCUT2D eigenvalue weighted by molar-refractivity contribution is 5.89. The molecule has 0 spiro atoms. The average Bonchev–Trinajstić information content (AvgIpc) is 3.07. The van der Waals surface area contributed by atoms with E-state index in [1.807, 2.05) is 0 Å². The van der Waals surface area contributed by atoms with Crippen LogP contribution < -0.4 is 5.32 Å². The van der Waals surface area contributed by atoms with Gasteiger partial charge in [0, 0.05) is 12.0 Å². The molecule has 1 aliphatic heterocycles. The molecule has 1 N–H and O–H groups in total. The molecule has 1 heterocycles. The summed E-state index contributed by atoms with van der Waals surface area (Å²) in [6.07, 6.45) is -0.370. The van der Waals surface area contributed by atoms with Crippen LogP contribution in [-0.4, -0.2) is 18.5 Å². The largest absolute Gasteiger partial charge is 0.466 e. The van der Waals surface area contributed by atoms with Gasteiger partial charge in [-0.15, -0.1) is 0 Å². The summed E-state index contributed by atoms with van der Waals surface area (Å²) < 4.78 is 61.6. The highest BCUT2D eigenvalue weighted by Crippen LogP contribution is 2.52. The number of carbonyl (C=O) groups excluding carboxylic acids is 2. The van der Waals surface area contributed by atoms with Crippen molar-refractivity contribution in [1.29, 1.82) is 0 Å². The van der Waals surface area contributed by atoms with Crippen molar-refractivity contribution >= 4 is 11.9 Å². The molecule has 8 heteroatoms. The van der Waals surface area contributed by atoms with Crippen molar-refractivity contribution in [2.45, 2.75) is 24.8 Å². The monoisotopic (exact) mass is 471 g/mol. The molecule has 2 atom stereocenters. The van der Waals surface area contributed by atoms with Gasteiger partial charge < -0.3 is 10.1 Å². The van der Waals surface area contributed by atoms with Crippen molar-refractivity contribution in [3.8, 4) is 0 Å². The molecular weight excluding hydrogens is 450 g/mol. The molecular formula is C26H21F4NO3. The summed E-state index contributed by atoms with van der Waals surface area (Å²) in [5.41, 5.74) is -0.764. The molecule has 1 saturated heterocycles. The number of hydrogen-bond acceptors (Lipinski definition) is 3. The third-order valence-corrected chi connectivity index (χ3v) is 6.11. The number of esters is 1. The molecule has 34 heavy (non-hydrogen) atoms. The predicted octanol–water partition coefficient (Wildman–Crippen LogP) is 4.97. The highest BCUT2D eigenvalue weighted by atomic mass is 19.1. The molecule has 3 aromatic carbocycles. The van der Waals surface area contributed by atoms with Crippen LogP contribution >= 0.6 is 0 Å². The molecule has 1 amide bonds. The van der Waals surface area contributed by atoms with Crippen molar-refractivity contribution < 1.29 is 31.9 Å². The Morgan fingerprint density at radius 3 is 1.91 bits per heavy atom. The molecule has 1 fully saturated rings. The number of nitrogens with one attached hydrogen (secondary N) is 1. The highest BCUT2D eigenvalue weighted by Gasteiger charge is 2.57. The first-order chi connectivity index (χ1) is 16.3. The van der Waals surface area contributed by atoms with Crippen molar-refractivity contribution in [3.63, 3.8) is 0 Å². The van der Waals surface area contributed by atoms with Crippen LogP contribution in [0.5, 0.6) is 0 Å². The standard InChI is InChI=1S/C26H21F4NO3/c1-2-34-23(32)14-21-24(20-12-11-19(29)13-22(20)30)26(31-25(21)33,15-3-7-17(27)8-4-15)16-5-9-18(28)10-6-16/h3-13,21,24H,2,14H2,1H3,(H,31,33). The number of benzene rings is 3.